The highest BCUT2D eigenvalue weighted by Crippen LogP contribution is 2.21. The Bertz CT molecular complexity index is 801. The van der Waals surface area contributed by atoms with Crippen molar-refractivity contribution in [3.8, 4) is 11.4 Å². The molecular weight excluding hydrogens is 320 g/mol. The number of aromatic nitrogens is 2. The number of hydrogen-bond acceptors (Lipinski definition) is 5. The van der Waals surface area contributed by atoms with Gasteiger partial charge in [0.1, 0.15) is 11.6 Å². The summed E-state index contributed by atoms with van der Waals surface area (Å²) in [5.41, 5.74) is 0.473. The molecule has 7 nitrogen and oxygen atoms in total. The number of ether oxygens (including phenoxy) is 1. The number of hydrogen-bond donors (Lipinski definition) is 1. The lowest BCUT2D eigenvalue weighted by molar-refractivity contribution is -0.124. The van der Waals surface area contributed by atoms with Gasteiger partial charge >= 0.3 is 0 Å². The molecule has 1 aliphatic rings. The van der Waals surface area contributed by atoms with Gasteiger partial charge in [-0.1, -0.05) is 0 Å². The van der Waals surface area contributed by atoms with Crippen molar-refractivity contribution in [2.45, 2.75) is 12.8 Å². The summed E-state index contributed by atoms with van der Waals surface area (Å²) < 4.78 is 6.52. The number of amides is 1. The van der Waals surface area contributed by atoms with Gasteiger partial charge in [-0.25, -0.2) is 0 Å². The van der Waals surface area contributed by atoms with Gasteiger partial charge < -0.3 is 15.0 Å². The molecule has 3 rings (SSSR count). The third kappa shape index (κ3) is 3.65. The molecular formula is C18H22N4O3. The Labute approximate surface area is 146 Å². The lowest BCUT2D eigenvalue weighted by atomic mass is 9.97. The third-order valence-corrected chi connectivity index (χ3v) is 4.47. The summed E-state index contributed by atoms with van der Waals surface area (Å²) in [5.74, 6) is 1.41. The predicted octanol–water partition coefficient (Wildman–Crippen LogP) is 1.20. The molecule has 1 aromatic carbocycles. The van der Waals surface area contributed by atoms with E-state index in [1.165, 1.54) is 10.7 Å². The van der Waals surface area contributed by atoms with Gasteiger partial charge in [0.2, 0.25) is 5.91 Å². The molecule has 7 heteroatoms. The van der Waals surface area contributed by atoms with Crippen LogP contribution in [-0.2, 0) is 4.79 Å². The van der Waals surface area contributed by atoms with E-state index in [1.807, 2.05) is 0 Å². The number of anilines is 1. The standard InChI is InChI=1S/C18H22N4O3/c1-19-18(24)13-4-3-11-21(12-13)16-9-10-17(23)22(20-16)14-5-7-15(25-2)8-6-14/h5-10,13H,3-4,11-12H2,1-2H3,(H,19,24)/t13-/m1/s1. The van der Waals surface area contributed by atoms with E-state index < -0.39 is 0 Å². The highest BCUT2D eigenvalue weighted by molar-refractivity contribution is 5.79. The lowest BCUT2D eigenvalue weighted by Gasteiger charge is -2.32. The van der Waals surface area contributed by atoms with Crippen molar-refractivity contribution in [1.82, 2.24) is 15.1 Å². The normalized spacial score (nSPS) is 17.2. The zero-order valence-electron chi connectivity index (χ0n) is 14.4. The second-order valence-corrected chi connectivity index (χ2v) is 6.04. The molecule has 0 unspecified atom stereocenters. The van der Waals surface area contributed by atoms with Crippen LogP contribution in [0.3, 0.4) is 0 Å². The fraction of sp³-hybridized carbons (Fsp3) is 0.389. The number of rotatable bonds is 4. The summed E-state index contributed by atoms with van der Waals surface area (Å²) >= 11 is 0. The molecule has 1 amide bonds. The number of carbonyl (C=O) groups is 1. The topological polar surface area (TPSA) is 76.5 Å². The number of nitrogens with zero attached hydrogens (tertiary/aromatic N) is 3. The summed E-state index contributed by atoms with van der Waals surface area (Å²) in [6, 6.07) is 10.4. The van der Waals surface area contributed by atoms with E-state index in [-0.39, 0.29) is 17.4 Å². The first-order valence-electron chi connectivity index (χ1n) is 8.33. The molecule has 1 fully saturated rings. The molecule has 2 aromatic rings. The van der Waals surface area contributed by atoms with Crippen LogP contribution < -0.4 is 20.5 Å². The molecule has 0 bridgehead atoms. The van der Waals surface area contributed by atoms with Crippen molar-refractivity contribution in [2.24, 2.45) is 5.92 Å². The summed E-state index contributed by atoms with van der Waals surface area (Å²) in [6.07, 6.45) is 1.79. The summed E-state index contributed by atoms with van der Waals surface area (Å²) in [4.78, 5) is 26.2. The van der Waals surface area contributed by atoms with Crippen LogP contribution in [0, 0.1) is 5.92 Å². The first-order valence-corrected chi connectivity index (χ1v) is 8.33. The monoisotopic (exact) mass is 342 g/mol. The average molecular weight is 342 g/mol. The van der Waals surface area contributed by atoms with Gasteiger partial charge in [-0.05, 0) is 43.2 Å². The second kappa shape index (κ2) is 7.38. The van der Waals surface area contributed by atoms with Crippen LogP contribution in [0.15, 0.2) is 41.2 Å². The van der Waals surface area contributed by atoms with E-state index in [1.54, 1.807) is 44.5 Å². The molecule has 0 saturated carbocycles. The predicted molar refractivity (Wildman–Crippen MR) is 95.4 cm³/mol. The minimum atomic E-state index is -0.200. The first kappa shape index (κ1) is 17.0. The molecule has 132 valence electrons. The molecule has 0 radical (unpaired) electrons. The Hall–Kier alpha value is -2.83. The maximum Gasteiger partial charge on any atom is 0.271 e. The second-order valence-electron chi connectivity index (χ2n) is 6.04. The van der Waals surface area contributed by atoms with E-state index >= 15 is 0 Å². The molecule has 1 saturated heterocycles. The highest BCUT2D eigenvalue weighted by atomic mass is 16.5. The van der Waals surface area contributed by atoms with Crippen LogP contribution in [0.1, 0.15) is 12.8 Å². The van der Waals surface area contributed by atoms with Crippen molar-refractivity contribution in [1.29, 1.82) is 0 Å². The van der Waals surface area contributed by atoms with E-state index in [9.17, 15) is 9.59 Å². The smallest absolute Gasteiger partial charge is 0.271 e. The van der Waals surface area contributed by atoms with Crippen LogP contribution in [0.5, 0.6) is 5.75 Å². The van der Waals surface area contributed by atoms with Crippen molar-refractivity contribution < 1.29 is 9.53 Å². The third-order valence-electron chi connectivity index (χ3n) is 4.47. The van der Waals surface area contributed by atoms with Crippen molar-refractivity contribution in [3.63, 3.8) is 0 Å². The zero-order chi connectivity index (χ0) is 17.8. The fourth-order valence-electron chi connectivity index (χ4n) is 3.08. The summed E-state index contributed by atoms with van der Waals surface area (Å²) in [6.45, 7) is 1.43. The van der Waals surface area contributed by atoms with Crippen LogP contribution in [0.4, 0.5) is 5.82 Å². The Balaban J connectivity index is 1.88. The number of carbonyl (C=O) groups excluding carboxylic acids is 1. The fourth-order valence-corrected chi connectivity index (χ4v) is 3.08. The van der Waals surface area contributed by atoms with Crippen LogP contribution in [0.25, 0.3) is 5.69 Å². The average Bonchev–Trinajstić information content (AvgIpc) is 2.68. The Kier molecular flexibility index (Phi) is 5.02. The van der Waals surface area contributed by atoms with Gasteiger partial charge in [0.25, 0.3) is 5.56 Å². The van der Waals surface area contributed by atoms with Crippen molar-refractivity contribution in [3.05, 3.63) is 46.8 Å². The number of methoxy groups -OCH3 is 1. The van der Waals surface area contributed by atoms with Crippen LogP contribution in [0.2, 0.25) is 0 Å². The molecule has 1 atom stereocenters. The van der Waals surface area contributed by atoms with Crippen LogP contribution in [-0.4, -0.2) is 42.9 Å². The minimum absolute atomic E-state index is 0.0492. The molecule has 25 heavy (non-hydrogen) atoms. The van der Waals surface area contributed by atoms with E-state index in [2.05, 4.69) is 15.3 Å². The minimum Gasteiger partial charge on any atom is -0.497 e. The van der Waals surface area contributed by atoms with E-state index in [0.717, 1.165) is 25.1 Å². The van der Waals surface area contributed by atoms with Crippen molar-refractivity contribution in [2.75, 3.05) is 32.1 Å². The SMILES string of the molecule is CNC(=O)[C@@H]1CCCN(c2ccc(=O)n(-c3ccc(OC)cc3)n2)C1. The first-order chi connectivity index (χ1) is 12.1. The van der Waals surface area contributed by atoms with Gasteiger partial charge in [0.05, 0.1) is 18.7 Å². The Morgan fingerprint density at radius 2 is 2.00 bits per heavy atom. The van der Waals surface area contributed by atoms with Gasteiger partial charge in [-0.2, -0.15) is 4.68 Å². The summed E-state index contributed by atoms with van der Waals surface area (Å²) in [5, 5.41) is 7.21. The number of benzene rings is 1. The Morgan fingerprint density at radius 1 is 1.24 bits per heavy atom. The Morgan fingerprint density at radius 3 is 2.68 bits per heavy atom. The van der Waals surface area contributed by atoms with Crippen LogP contribution >= 0.6 is 0 Å². The molecule has 1 aromatic heterocycles. The van der Waals surface area contributed by atoms with Gasteiger partial charge in [-0.3, -0.25) is 9.59 Å². The zero-order valence-corrected chi connectivity index (χ0v) is 14.4. The quantitative estimate of drug-likeness (QED) is 0.904. The summed E-state index contributed by atoms with van der Waals surface area (Å²) in [7, 11) is 3.25. The maximum atomic E-state index is 12.2. The van der Waals surface area contributed by atoms with Gasteiger partial charge in [-0.15, -0.1) is 5.10 Å². The molecule has 1 N–H and O–H groups in total. The maximum absolute atomic E-state index is 12.2. The van der Waals surface area contributed by atoms with E-state index in [0.29, 0.717) is 18.1 Å². The van der Waals surface area contributed by atoms with Gasteiger partial charge in [0.15, 0.2) is 0 Å². The highest BCUT2D eigenvalue weighted by Gasteiger charge is 2.26. The van der Waals surface area contributed by atoms with E-state index in [4.69, 9.17) is 4.74 Å². The molecule has 2 heterocycles. The number of piperidine rings is 1. The van der Waals surface area contributed by atoms with Gasteiger partial charge in [0, 0.05) is 26.2 Å². The van der Waals surface area contributed by atoms with Crippen molar-refractivity contribution >= 4 is 11.7 Å². The lowest BCUT2D eigenvalue weighted by Crippen LogP contribution is -2.43. The number of nitrogens with one attached hydrogen (secondary N) is 1. The molecule has 1 aliphatic heterocycles. The largest absolute Gasteiger partial charge is 0.497 e. The molecule has 0 spiro atoms. The molecule has 0 aliphatic carbocycles.